The van der Waals surface area contributed by atoms with Gasteiger partial charge in [-0.15, -0.1) is 22.7 Å². The Morgan fingerprint density at radius 2 is 1.89 bits per heavy atom. The number of carbonyl (C=O) groups excluding carboxylic acids is 2. The monoisotopic (exact) mass is 437 g/mol. The van der Waals surface area contributed by atoms with Crippen molar-refractivity contribution < 1.29 is 22.7 Å². The van der Waals surface area contributed by atoms with Crippen molar-refractivity contribution in [3.63, 3.8) is 0 Å². The molecule has 28 heavy (non-hydrogen) atoms. The molecule has 0 saturated heterocycles. The lowest BCUT2D eigenvalue weighted by atomic mass is 10.2. The summed E-state index contributed by atoms with van der Waals surface area (Å²) in [6.45, 7) is 1.44. The molecule has 0 aliphatic carbocycles. The summed E-state index contributed by atoms with van der Waals surface area (Å²) in [4.78, 5) is 27.5. The summed E-state index contributed by atoms with van der Waals surface area (Å²) in [5.41, 5.74) is 0.529. The fraction of sp³-hybridized carbons (Fsp3) is 0.118. The maximum Gasteiger partial charge on any atom is 0.309 e. The smallest absolute Gasteiger partial charge is 0.309 e. The highest BCUT2D eigenvalue weighted by Gasteiger charge is 2.19. The second-order valence-corrected chi connectivity index (χ2v) is 9.40. The van der Waals surface area contributed by atoms with E-state index in [0.29, 0.717) is 10.4 Å². The highest BCUT2D eigenvalue weighted by molar-refractivity contribution is 7.94. The van der Waals surface area contributed by atoms with Gasteiger partial charge in [0.25, 0.3) is 15.9 Å². The first-order valence-electron chi connectivity index (χ1n) is 7.92. The number of hydrogen-bond acceptors (Lipinski definition) is 8. The van der Waals surface area contributed by atoms with E-state index >= 15 is 0 Å². The van der Waals surface area contributed by atoms with Crippen molar-refractivity contribution in [1.29, 1.82) is 0 Å². The Balaban J connectivity index is 1.62. The third-order valence-electron chi connectivity index (χ3n) is 3.31. The summed E-state index contributed by atoms with van der Waals surface area (Å²) >= 11 is 2.04. The molecule has 0 unspecified atom stereocenters. The van der Waals surface area contributed by atoms with Gasteiger partial charge in [0, 0.05) is 17.4 Å². The predicted octanol–water partition coefficient (Wildman–Crippen LogP) is 2.86. The van der Waals surface area contributed by atoms with Crippen LogP contribution in [0.1, 0.15) is 22.2 Å². The molecule has 0 atom stereocenters. The minimum Gasteiger partial charge on any atom is -0.407 e. The molecular formula is C17H15N3O5S3. The number of nitrogens with one attached hydrogen (secondary N) is 2. The fourth-order valence-corrected chi connectivity index (χ4v) is 5.28. The van der Waals surface area contributed by atoms with Gasteiger partial charge < -0.3 is 10.1 Å². The number of aromatic nitrogens is 1. The summed E-state index contributed by atoms with van der Waals surface area (Å²) < 4.78 is 32.2. The van der Waals surface area contributed by atoms with Crippen LogP contribution in [0.2, 0.25) is 0 Å². The number of thiazole rings is 1. The van der Waals surface area contributed by atoms with E-state index in [1.54, 1.807) is 30.3 Å². The molecule has 0 aliphatic rings. The van der Waals surface area contributed by atoms with Gasteiger partial charge in [0.2, 0.25) is 5.88 Å². The Labute approximate surface area is 169 Å². The van der Waals surface area contributed by atoms with Gasteiger partial charge in [0.05, 0.1) is 11.9 Å². The van der Waals surface area contributed by atoms with Crippen LogP contribution in [0.3, 0.4) is 0 Å². The normalized spacial score (nSPS) is 11.0. The van der Waals surface area contributed by atoms with Gasteiger partial charge in [0.1, 0.15) is 4.21 Å². The zero-order chi connectivity index (χ0) is 20.1. The Bertz CT molecular complexity index is 1090. The van der Waals surface area contributed by atoms with Gasteiger partial charge >= 0.3 is 5.97 Å². The summed E-state index contributed by atoms with van der Waals surface area (Å²) in [5.74, 6) is -0.747. The topological polar surface area (TPSA) is 114 Å². The van der Waals surface area contributed by atoms with E-state index in [1.165, 1.54) is 18.4 Å². The minimum absolute atomic E-state index is 0.0330. The molecule has 0 fully saturated rings. The molecule has 0 saturated carbocycles. The van der Waals surface area contributed by atoms with E-state index in [0.717, 1.165) is 22.7 Å². The quantitative estimate of drug-likeness (QED) is 0.550. The highest BCUT2D eigenvalue weighted by Crippen LogP contribution is 2.27. The van der Waals surface area contributed by atoms with E-state index in [2.05, 4.69) is 15.0 Å². The maximum atomic E-state index is 12.5. The number of benzene rings is 1. The van der Waals surface area contributed by atoms with E-state index in [9.17, 15) is 18.0 Å². The lowest BCUT2D eigenvalue weighted by Gasteiger charge is -2.04. The Hall–Kier alpha value is -2.76. The molecule has 2 N–H and O–H groups in total. The summed E-state index contributed by atoms with van der Waals surface area (Å²) in [7, 11) is -3.84. The number of amides is 1. The number of thiophene rings is 1. The van der Waals surface area contributed by atoms with Gasteiger partial charge in [-0.25, -0.2) is 8.42 Å². The number of nitrogens with zero attached hydrogens (tertiary/aromatic N) is 1. The van der Waals surface area contributed by atoms with Crippen molar-refractivity contribution in [1.82, 2.24) is 10.3 Å². The Kier molecular flexibility index (Phi) is 6.07. The fourth-order valence-electron chi connectivity index (χ4n) is 2.12. The number of sulfonamides is 1. The molecular weight excluding hydrogens is 422 g/mol. The largest absolute Gasteiger partial charge is 0.407 e. The lowest BCUT2D eigenvalue weighted by molar-refractivity contribution is -0.132. The van der Waals surface area contributed by atoms with Gasteiger partial charge in [-0.1, -0.05) is 18.2 Å². The number of ether oxygens (including phenoxy) is 1. The van der Waals surface area contributed by atoms with Crippen molar-refractivity contribution >= 4 is 49.7 Å². The minimum atomic E-state index is -3.84. The molecule has 0 aliphatic heterocycles. The average Bonchev–Trinajstić information content (AvgIpc) is 3.29. The highest BCUT2D eigenvalue weighted by atomic mass is 32.2. The number of anilines is 1. The molecule has 0 radical (unpaired) electrons. The molecule has 8 nitrogen and oxygen atoms in total. The average molecular weight is 438 g/mol. The third kappa shape index (κ3) is 5.15. The molecule has 3 rings (SSSR count). The van der Waals surface area contributed by atoms with Crippen LogP contribution < -0.4 is 14.8 Å². The number of rotatable bonds is 7. The first-order chi connectivity index (χ1) is 13.3. The Morgan fingerprint density at radius 1 is 1.14 bits per heavy atom. The molecule has 11 heteroatoms. The van der Waals surface area contributed by atoms with Gasteiger partial charge in [-0.2, -0.15) is 4.98 Å². The summed E-state index contributed by atoms with van der Waals surface area (Å²) in [5, 5.41) is 4.26. The number of carbonyl (C=O) groups is 2. The third-order valence-corrected chi connectivity index (χ3v) is 7.10. The number of esters is 1. The standard InChI is InChI=1S/C17H15N3O5S3/c1-11(21)25-14-10-26-17(19-14)20-28(23,24)15-8-7-13(27-15)9-18-16(22)12-5-3-2-4-6-12/h2-8,10H,9H2,1H3,(H,18,22)(H,19,20). The van der Waals surface area contributed by atoms with E-state index < -0.39 is 16.0 Å². The van der Waals surface area contributed by atoms with Crippen LogP contribution in [0.15, 0.2) is 52.1 Å². The van der Waals surface area contributed by atoms with Crippen molar-refractivity contribution in [2.45, 2.75) is 17.7 Å². The number of hydrogen-bond donors (Lipinski definition) is 2. The van der Waals surface area contributed by atoms with Gasteiger partial charge in [0.15, 0.2) is 5.13 Å². The van der Waals surface area contributed by atoms with Crippen molar-refractivity contribution in [2.24, 2.45) is 0 Å². The molecule has 146 valence electrons. The van der Waals surface area contributed by atoms with Gasteiger partial charge in [-0.3, -0.25) is 14.3 Å². The first kappa shape index (κ1) is 20.0. The molecule has 2 aromatic heterocycles. The Morgan fingerprint density at radius 3 is 2.61 bits per heavy atom. The van der Waals surface area contributed by atoms with Gasteiger partial charge in [-0.05, 0) is 24.3 Å². The predicted molar refractivity (Wildman–Crippen MR) is 106 cm³/mol. The zero-order valence-electron chi connectivity index (χ0n) is 14.5. The second kappa shape index (κ2) is 8.50. The van der Waals surface area contributed by atoms with Crippen LogP contribution in [0, 0.1) is 0 Å². The van der Waals surface area contributed by atoms with Crippen LogP contribution in [0.25, 0.3) is 0 Å². The van der Waals surface area contributed by atoms with Crippen molar-refractivity contribution in [2.75, 3.05) is 4.72 Å². The first-order valence-corrected chi connectivity index (χ1v) is 11.1. The molecule has 0 bridgehead atoms. The second-order valence-electron chi connectivity index (χ2n) is 5.46. The molecule has 2 heterocycles. The van der Waals surface area contributed by atoms with Crippen molar-refractivity contribution in [3.8, 4) is 5.88 Å². The zero-order valence-corrected chi connectivity index (χ0v) is 17.0. The van der Waals surface area contributed by atoms with E-state index in [-0.39, 0.29) is 27.7 Å². The summed E-state index contributed by atoms with van der Waals surface area (Å²) in [6, 6.07) is 11.8. The molecule has 1 amide bonds. The van der Waals surface area contributed by atoms with Crippen molar-refractivity contribution in [3.05, 3.63) is 58.3 Å². The van der Waals surface area contributed by atoms with Crippen LogP contribution in [-0.2, 0) is 21.4 Å². The van der Waals surface area contributed by atoms with Crippen LogP contribution in [0.4, 0.5) is 5.13 Å². The van der Waals surface area contributed by atoms with E-state index in [4.69, 9.17) is 4.74 Å². The SMILES string of the molecule is CC(=O)Oc1csc(NS(=O)(=O)c2ccc(CNC(=O)c3ccccc3)s2)n1. The lowest BCUT2D eigenvalue weighted by Crippen LogP contribution is -2.22. The molecule has 1 aromatic carbocycles. The maximum absolute atomic E-state index is 12.5. The molecule has 0 spiro atoms. The van der Waals surface area contributed by atoms with E-state index in [1.807, 2.05) is 6.07 Å². The van der Waals surface area contributed by atoms with Crippen LogP contribution >= 0.6 is 22.7 Å². The summed E-state index contributed by atoms with van der Waals surface area (Å²) in [6.07, 6.45) is 0. The molecule has 3 aromatic rings. The van der Waals surface area contributed by atoms with Crippen LogP contribution in [0.5, 0.6) is 5.88 Å². The van der Waals surface area contributed by atoms with Crippen LogP contribution in [-0.4, -0.2) is 25.3 Å².